The number of benzene rings is 2. The van der Waals surface area contributed by atoms with E-state index in [2.05, 4.69) is 5.32 Å². The number of anilines is 1. The first-order chi connectivity index (χ1) is 12.8. The minimum Gasteiger partial charge on any atom is -0.497 e. The molecule has 0 heterocycles. The molecule has 2 rings (SSSR count). The van der Waals surface area contributed by atoms with Crippen LogP contribution in [0, 0.1) is 0 Å². The van der Waals surface area contributed by atoms with E-state index in [0.29, 0.717) is 23.7 Å². The number of nitrogens with zero attached hydrogens (tertiary/aromatic N) is 1. The molecule has 7 nitrogen and oxygen atoms in total. The van der Waals surface area contributed by atoms with Gasteiger partial charge in [0.2, 0.25) is 15.9 Å². The van der Waals surface area contributed by atoms with Crippen LogP contribution in [-0.4, -0.2) is 41.3 Å². The number of hydrogen-bond donors (Lipinski definition) is 1. The zero-order valence-corrected chi connectivity index (χ0v) is 16.5. The Hall–Kier alpha value is -2.74. The van der Waals surface area contributed by atoms with Gasteiger partial charge in [-0.3, -0.25) is 9.10 Å². The highest BCUT2D eigenvalue weighted by molar-refractivity contribution is 7.92. The molecule has 0 aliphatic rings. The number of nitrogens with one attached hydrogen (secondary N) is 1. The first-order valence-corrected chi connectivity index (χ1v) is 10.2. The summed E-state index contributed by atoms with van der Waals surface area (Å²) in [5.41, 5.74) is 1.33. The molecule has 27 heavy (non-hydrogen) atoms. The fourth-order valence-corrected chi connectivity index (χ4v) is 3.47. The summed E-state index contributed by atoms with van der Waals surface area (Å²) in [7, 11) is -0.637. The van der Waals surface area contributed by atoms with Crippen molar-refractivity contribution in [2.45, 2.75) is 13.0 Å². The number of rotatable bonds is 9. The van der Waals surface area contributed by atoms with Crippen molar-refractivity contribution in [3.8, 4) is 11.5 Å². The standard InChI is InChI=1S/C19H24N2O5S/c1-25-16-9-10-17(18(13-16)26-2)21(27(3,23)24)12-11-19(22)20-14-15-7-5-4-6-8-15/h4-10,13H,11-12,14H2,1-3H3,(H,20,22). The van der Waals surface area contributed by atoms with E-state index in [4.69, 9.17) is 9.47 Å². The largest absolute Gasteiger partial charge is 0.497 e. The third kappa shape index (κ3) is 5.89. The number of amides is 1. The van der Waals surface area contributed by atoms with Gasteiger partial charge < -0.3 is 14.8 Å². The summed E-state index contributed by atoms with van der Waals surface area (Å²) >= 11 is 0. The summed E-state index contributed by atoms with van der Waals surface area (Å²) in [6.07, 6.45) is 1.12. The molecule has 146 valence electrons. The lowest BCUT2D eigenvalue weighted by molar-refractivity contribution is -0.121. The van der Waals surface area contributed by atoms with Crippen LogP contribution in [0.15, 0.2) is 48.5 Å². The predicted molar refractivity (Wildman–Crippen MR) is 105 cm³/mol. The Morgan fingerprint density at radius 3 is 2.37 bits per heavy atom. The van der Waals surface area contributed by atoms with Gasteiger partial charge in [0.1, 0.15) is 11.5 Å². The van der Waals surface area contributed by atoms with E-state index >= 15 is 0 Å². The Morgan fingerprint density at radius 2 is 1.78 bits per heavy atom. The van der Waals surface area contributed by atoms with Gasteiger partial charge in [-0.2, -0.15) is 0 Å². The summed E-state index contributed by atoms with van der Waals surface area (Å²) < 4.78 is 36.1. The van der Waals surface area contributed by atoms with E-state index in [-0.39, 0.29) is 18.9 Å². The third-order valence-electron chi connectivity index (χ3n) is 3.93. The Balaban J connectivity index is 2.08. The fraction of sp³-hybridized carbons (Fsp3) is 0.316. The molecule has 2 aromatic rings. The molecule has 8 heteroatoms. The molecular formula is C19H24N2O5S. The minimum atomic E-state index is -3.60. The Kier molecular flexibility index (Phi) is 7.06. The van der Waals surface area contributed by atoms with Crippen LogP contribution in [0.4, 0.5) is 5.69 Å². The Labute approximate surface area is 160 Å². The van der Waals surface area contributed by atoms with Gasteiger partial charge in [0.25, 0.3) is 0 Å². The van der Waals surface area contributed by atoms with Crippen molar-refractivity contribution < 1.29 is 22.7 Å². The normalized spacial score (nSPS) is 10.9. The number of sulfonamides is 1. The van der Waals surface area contributed by atoms with Crippen LogP contribution in [0.25, 0.3) is 0 Å². The van der Waals surface area contributed by atoms with Crippen molar-refractivity contribution in [1.82, 2.24) is 5.32 Å². The van der Waals surface area contributed by atoms with Gasteiger partial charge >= 0.3 is 0 Å². The summed E-state index contributed by atoms with van der Waals surface area (Å²) in [5, 5.41) is 2.79. The average molecular weight is 392 g/mol. The summed E-state index contributed by atoms with van der Waals surface area (Å²) in [5.74, 6) is 0.661. The van der Waals surface area contributed by atoms with Gasteiger partial charge in [0.15, 0.2) is 0 Å². The number of ether oxygens (including phenoxy) is 2. The molecule has 2 aromatic carbocycles. The molecule has 0 spiro atoms. The second kappa shape index (κ2) is 9.27. The summed E-state index contributed by atoms with van der Waals surface area (Å²) in [6, 6.07) is 14.3. The Morgan fingerprint density at radius 1 is 1.07 bits per heavy atom. The lowest BCUT2D eigenvalue weighted by atomic mass is 10.2. The van der Waals surface area contributed by atoms with Gasteiger partial charge in [-0.25, -0.2) is 8.42 Å². The van der Waals surface area contributed by atoms with Crippen LogP contribution in [0.2, 0.25) is 0 Å². The first-order valence-electron chi connectivity index (χ1n) is 8.35. The van der Waals surface area contributed by atoms with Gasteiger partial charge in [-0.05, 0) is 17.7 Å². The molecule has 0 aliphatic heterocycles. The van der Waals surface area contributed by atoms with Crippen molar-refractivity contribution in [1.29, 1.82) is 0 Å². The van der Waals surface area contributed by atoms with Crippen molar-refractivity contribution in [2.24, 2.45) is 0 Å². The zero-order chi connectivity index (χ0) is 19.9. The highest BCUT2D eigenvalue weighted by atomic mass is 32.2. The maximum atomic E-state index is 12.3. The maximum Gasteiger partial charge on any atom is 0.232 e. The molecule has 0 saturated heterocycles. The molecular weight excluding hydrogens is 368 g/mol. The van der Waals surface area contributed by atoms with E-state index in [1.165, 1.54) is 14.2 Å². The minimum absolute atomic E-state index is 0.00213. The highest BCUT2D eigenvalue weighted by Crippen LogP contribution is 2.33. The second-order valence-electron chi connectivity index (χ2n) is 5.89. The summed E-state index contributed by atoms with van der Waals surface area (Å²) in [6.45, 7) is 0.395. The van der Waals surface area contributed by atoms with Gasteiger partial charge in [0.05, 0.1) is 26.2 Å². The molecule has 0 unspecified atom stereocenters. The number of carbonyl (C=O) groups excluding carboxylic acids is 1. The van der Waals surface area contributed by atoms with E-state index < -0.39 is 10.0 Å². The molecule has 1 N–H and O–H groups in total. The molecule has 0 aromatic heterocycles. The van der Waals surface area contributed by atoms with Gasteiger partial charge in [0, 0.05) is 25.6 Å². The Bertz CT molecular complexity index is 869. The van der Waals surface area contributed by atoms with Crippen molar-refractivity contribution in [3.05, 3.63) is 54.1 Å². The number of carbonyl (C=O) groups is 1. The van der Waals surface area contributed by atoms with Crippen LogP contribution in [0.5, 0.6) is 11.5 Å². The monoisotopic (exact) mass is 392 g/mol. The topological polar surface area (TPSA) is 84.9 Å². The van der Waals surface area contributed by atoms with Crippen LogP contribution in [0.3, 0.4) is 0 Å². The molecule has 0 fully saturated rings. The lowest BCUT2D eigenvalue weighted by Gasteiger charge is -2.24. The smallest absolute Gasteiger partial charge is 0.232 e. The number of methoxy groups -OCH3 is 2. The van der Waals surface area contributed by atoms with Crippen LogP contribution in [0.1, 0.15) is 12.0 Å². The lowest BCUT2D eigenvalue weighted by Crippen LogP contribution is -2.34. The quantitative estimate of drug-likeness (QED) is 0.707. The summed E-state index contributed by atoms with van der Waals surface area (Å²) in [4.78, 5) is 12.2. The highest BCUT2D eigenvalue weighted by Gasteiger charge is 2.22. The van der Waals surface area contributed by atoms with Crippen LogP contribution in [-0.2, 0) is 21.4 Å². The molecule has 0 aliphatic carbocycles. The van der Waals surface area contributed by atoms with Crippen LogP contribution >= 0.6 is 0 Å². The first kappa shape index (κ1) is 20.6. The van der Waals surface area contributed by atoms with Crippen molar-refractivity contribution in [3.63, 3.8) is 0 Å². The fourth-order valence-electron chi connectivity index (χ4n) is 2.54. The van der Waals surface area contributed by atoms with E-state index in [0.717, 1.165) is 16.1 Å². The van der Waals surface area contributed by atoms with Crippen LogP contribution < -0.4 is 19.1 Å². The van der Waals surface area contributed by atoms with E-state index in [1.54, 1.807) is 18.2 Å². The maximum absolute atomic E-state index is 12.3. The van der Waals surface area contributed by atoms with Crippen molar-refractivity contribution in [2.75, 3.05) is 31.3 Å². The zero-order valence-electron chi connectivity index (χ0n) is 15.6. The van der Waals surface area contributed by atoms with Gasteiger partial charge in [-0.15, -0.1) is 0 Å². The molecule has 0 radical (unpaired) electrons. The number of hydrogen-bond acceptors (Lipinski definition) is 5. The molecule has 0 saturated carbocycles. The predicted octanol–water partition coefficient (Wildman–Crippen LogP) is 2.18. The van der Waals surface area contributed by atoms with Gasteiger partial charge in [-0.1, -0.05) is 30.3 Å². The SMILES string of the molecule is COc1ccc(N(CCC(=O)NCc2ccccc2)S(C)(=O)=O)c(OC)c1. The molecule has 0 atom stereocenters. The average Bonchev–Trinajstić information content (AvgIpc) is 2.66. The van der Waals surface area contributed by atoms with E-state index in [9.17, 15) is 13.2 Å². The molecule has 1 amide bonds. The third-order valence-corrected chi connectivity index (χ3v) is 5.11. The van der Waals surface area contributed by atoms with Crippen molar-refractivity contribution >= 4 is 21.6 Å². The second-order valence-corrected chi connectivity index (χ2v) is 7.79. The van der Waals surface area contributed by atoms with E-state index in [1.807, 2.05) is 30.3 Å². The molecule has 0 bridgehead atoms.